The van der Waals surface area contributed by atoms with Crippen molar-refractivity contribution in [2.45, 2.75) is 12.8 Å². The molecule has 0 aliphatic rings. The van der Waals surface area contributed by atoms with Gasteiger partial charge in [0, 0.05) is 16.4 Å². The molecule has 0 atom stereocenters. The smallest absolute Gasteiger partial charge is 0.234 e. The Balaban J connectivity index is 0.00000261. The Bertz CT molecular complexity index is 910. The molecule has 4 nitrogen and oxygen atoms in total. The molecule has 0 saturated carbocycles. The summed E-state index contributed by atoms with van der Waals surface area (Å²) in [5.74, 6) is 0.0347. The van der Waals surface area contributed by atoms with Crippen molar-refractivity contribution in [2.24, 2.45) is 0 Å². The normalized spacial score (nSPS) is 11.0. The van der Waals surface area contributed by atoms with Crippen molar-refractivity contribution in [3.8, 4) is 0 Å². The molecule has 0 saturated heterocycles. The van der Waals surface area contributed by atoms with Crippen LogP contribution in [-0.4, -0.2) is 43.0 Å². The number of anilines is 1. The SMILES string of the molecule is CN(C)CCCN(C(=O)Cc1ccc(Cl)s1)c1nc2ccc(Cl)cc2s1.Cl. The number of aromatic nitrogens is 1. The molecule has 0 spiro atoms. The minimum Gasteiger partial charge on any atom is -0.309 e. The largest absolute Gasteiger partial charge is 0.309 e. The van der Waals surface area contributed by atoms with Gasteiger partial charge in [-0.3, -0.25) is 9.69 Å². The topological polar surface area (TPSA) is 36.4 Å². The van der Waals surface area contributed by atoms with Crippen molar-refractivity contribution in [3.63, 3.8) is 0 Å². The van der Waals surface area contributed by atoms with Gasteiger partial charge in [-0.15, -0.1) is 23.7 Å². The second-order valence-corrected chi connectivity index (χ2v) is 9.44. The molecular weight excluding hydrogens is 445 g/mol. The molecule has 146 valence electrons. The first-order valence-electron chi connectivity index (χ1n) is 8.18. The molecule has 0 bridgehead atoms. The van der Waals surface area contributed by atoms with E-state index in [-0.39, 0.29) is 18.3 Å². The van der Waals surface area contributed by atoms with Crippen LogP contribution >= 0.6 is 58.3 Å². The minimum atomic E-state index is 0. The standard InChI is InChI=1S/C18H19Cl2N3OS2.ClH/c1-22(2)8-3-9-23(17(24)11-13-5-7-16(20)25-13)18-21-14-6-4-12(19)10-15(14)26-18;/h4-7,10H,3,8-9,11H2,1-2H3;1H. The molecule has 9 heteroatoms. The van der Waals surface area contributed by atoms with E-state index >= 15 is 0 Å². The third-order valence-electron chi connectivity index (χ3n) is 3.81. The summed E-state index contributed by atoms with van der Waals surface area (Å²) >= 11 is 15.0. The second kappa shape index (κ2) is 10.0. The van der Waals surface area contributed by atoms with Gasteiger partial charge in [-0.25, -0.2) is 4.98 Å². The van der Waals surface area contributed by atoms with Gasteiger partial charge in [-0.05, 0) is 57.4 Å². The quantitative estimate of drug-likeness (QED) is 0.456. The number of carbonyl (C=O) groups excluding carboxylic acids is 1. The number of nitrogens with zero attached hydrogens (tertiary/aromatic N) is 3. The summed E-state index contributed by atoms with van der Waals surface area (Å²) in [5.41, 5.74) is 0.860. The maximum atomic E-state index is 13.0. The minimum absolute atomic E-state index is 0. The average molecular weight is 465 g/mol. The molecule has 1 amide bonds. The van der Waals surface area contributed by atoms with Crippen LogP contribution in [0.4, 0.5) is 5.13 Å². The van der Waals surface area contributed by atoms with Crippen molar-refractivity contribution < 1.29 is 4.79 Å². The monoisotopic (exact) mass is 463 g/mol. The highest BCUT2D eigenvalue weighted by molar-refractivity contribution is 7.22. The summed E-state index contributed by atoms with van der Waals surface area (Å²) in [4.78, 5) is 22.5. The fourth-order valence-corrected chi connectivity index (χ4v) is 4.93. The molecule has 3 rings (SSSR count). The van der Waals surface area contributed by atoms with Gasteiger partial charge in [0.2, 0.25) is 5.91 Å². The zero-order valence-electron chi connectivity index (χ0n) is 14.9. The van der Waals surface area contributed by atoms with Gasteiger partial charge in [0.1, 0.15) is 0 Å². The van der Waals surface area contributed by atoms with E-state index in [0.717, 1.165) is 28.1 Å². The highest BCUT2D eigenvalue weighted by Crippen LogP contribution is 2.31. The summed E-state index contributed by atoms with van der Waals surface area (Å²) in [6.07, 6.45) is 1.21. The van der Waals surface area contributed by atoms with Crippen LogP contribution in [0, 0.1) is 0 Å². The number of benzene rings is 1. The van der Waals surface area contributed by atoms with Gasteiger partial charge >= 0.3 is 0 Å². The maximum Gasteiger partial charge on any atom is 0.234 e. The third kappa shape index (κ3) is 6.04. The van der Waals surface area contributed by atoms with E-state index in [0.29, 0.717) is 27.5 Å². The number of amides is 1. The molecule has 0 aliphatic carbocycles. The number of carbonyl (C=O) groups is 1. The highest BCUT2D eigenvalue weighted by Gasteiger charge is 2.20. The van der Waals surface area contributed by atoms with E-state index in [2.05, 4.69) is 9.88 Å². The van der Waals surface area contributed by atoms with E-state index in [4.69, 9.17) is 23.2 Å². The van der Waals surface area contributed by atoms with Crippen molar-refractivity contribution in [3.05, 3.63) is 44.6 Å². The Morgan fingerprint density at radius 2 is 1.89 bits per heavy atom. The summed E-state index contributed by atoms with van der Waals surface area (Å²) in [6, 6.07) is 9.32. The number of halogens is 3. The van der Waals surface area contributed by atoms with Crippen molar-refractivity contribution >= 4 is 79.5 Å². The lowest BCUT2D eigenvalue weighted by atomic mass is 10.3. The van der Waals surface area contributed by atoms with Gasteiger partial charge in [0.25, 0.3) is 0 Å². The maximum absolute atomic E-state index is 13.0. The molecule has 3 aromatic rings. The number of hydrogen-bond acceptors (Lipinski definition) is 5. The van der Waals surface area contributed by atoms with E-state index < -0.39 is 0 Å². The summed E-state index contributed by atoms with van der Waals surface area (Å²) < 4.78 is 1.68. The Morgan fingerprint density at radius 1 is 1.11 bits per heavy atom. The first-order valence-corrected chi connectivity index (χ1v) is 10.6. The van der Waals surface area contributed by atoms with Crippen molar-refractivity contribution in [1.29, 1.82) is 0 Å². The first kappa shape index (κ1) is 22.4. The van der Waals surface area contributed by atoms with E-state index in [1.807, 2.05) is 44.4 Å². The lowest BCUT2D eigenvalue weighted by molar-refractivity contribution is -0.118. The molecule has 2 aromatic heterocycles. The van der Waals surface area contributed by atoms with Crippen molar-refractivity contribution in [1.82, 2.24) is 9.88 Å². The Hall–Kier alpha value is -0.890. The summed E-state index contributed by atoms with van der Waals surface area (Å²) in [7, 11) is 4.05. The van der Waals surface area contributed by atoms with Crippen LogP contribution in [-0.2, 0) is 11.2 Å². The second-order valence-electron chi connectivity index (χ2n) is 6.19. The van der Waals surface area contributed by atoms with E-state index in [1.165, 1.54) is 22.7 Å². The lowest BCUT2D eigenvalue weighted by Gasteiger charge is -2.20. The van der Waals surface area contributed by atoms with Crippen molar-refractivity contribution in [2.75, 3.05) is 32.1 Å². The van der Waals surface area contributed by atoms with Gasteiger partial charge in [0.05, 0.1) is 21.0 Å². The van der Waals surface area contributed by atoms with Crippen LogP contribution in [0.5, 0.6) is 0 Å². The van der Waals surface area contributed by atoms with Crippen LogP contribution in [0.25, 0.3) is 10.2 Å². The van der Waals surface area contributed by atoms with Crippen LogP contribution in [0.3, 0.4) is 0 Å². The van der Waals surface area contributed by atoms with Gasteiger partial charge in [-0.1, -0.05) is 34.5 Å². The molecule has 0 unspecified atom stereocenters. The average Bonchev–Trinajstić information content (AvgIpc) is 3.16. The predicted molar refractivity (Wildman–Crippen MR) is 120 cm³/mol. The lowest BCUT2D eigenvalue weighted by Crippen LogP contribution is -2.34. The fraction of sp³-hybridized carbons (Fsp3) is 0.333. The van der Waals surface area contributed by atoms with Crippen LogP contribution in [0.15, 0.2) is 30.3 Å². The number of hydrogen-bond donors (Lipinski definition) is 0. The summed E-state index contributed by atoms with van der Waals surface area (Å²) in [6.45, 7) is 1.54. The third-order valence-corrected chi connectivity index (χ3v) is 6.32. The Labute approximate surface area is 183 Å². The molecule has 0 aliphatic heterocycles. The molecule has 0 radical (unpaired) electrons. The number of fused-ring (bicyclic) bond motifs is 1. The fourth-order valence-electron chi connectivity index (χ4n) is 2.57. The molecule has 2 heterocycles. The molecule has 0 N–H and O–H groups in total. The van der Waals surface area contributed by atoms with E-state index in [9.17, 15) is 4.79 Å². The molecular formula is C18H20Cl3N3OS2. The zero-order chi connectivity index (χ0) is 18.7. The molecule has 1 aromatic carbocycles. The number of thiazole rings is 1. The predicted octanol–water partition coefficient (Wildman–Crippen LogP) is 5.61. The zero-order valence-corrected chi connectivity index (χ0v) is 18.9. The molecule has 0 fully saturated rings. The number of thiophene rings is 1. The number of rotatable bonds is 7. The summed E-state index contributed by atoms with van der Waals surface area (Å²) in [5, 5.41) is 1.39. The van der Waals surface area contributed by atoms with Gasteiger partial charge in [0.15, 0.2) is 5.13 Å². The van der Waals surface area contributed by atoms with Crippen LogP contribution in [0.1, 0.15) is 11.3 Å². The van der Waals surface area contributed by atoms with Gasteiger partial charge in [-0.2, -0.15) is 0 Å². The van der Waals surface area contributed by atoms with Crippen LogP contribution in [0.2, 0.25) is 9.36 Å². The highest BCUT2D eigenvalue weighted by atomic mass is 35.5. The first-order chi connectivity index (χ1) is 12.4. The molecule has 27 heavy (non-hydrogen) atoms. The van der Waals surface area contributed by atoms with Crippen LogP contribution < -0.4 is 4.90 Å². The van der Waals surface area contributed by atoms with Gasteiger partial charge < -0.3 is 4.90 Å². The Morgan fingerprint density at radius 3 is 2.56 bits per heavy atom. The van der Waals surface area contributed by atoms with E-state index in [1.54, 1.807) is 4.90 Å². The Kier molecular flexibility index (Phi) is 8.34.